The summed E-state index contributed by atoms with van der Waals surface area (Å²) in [4.78, 5) is 11.2. The highest BCUT2D eigenvalue weighted by Gasteiger charge is 2.24. The quantitative estimate of drug-likeness (QED) is 0.246. The molecule has 14 heavy (non-hydrogen) atoms. The van der Waals surface area contributed by atoms with E-state index in [-0.39, 0.29) is 12.7 Å². The van der Waals surface area contributed by atoms with Crippen molar-refractivity contribution in [1.29, 1.82) is 0 Å². The Morgan fingerprint density at radius 1 is 1.57 bits per heavy atom. The number of halogens is 1. The van der Waals surface area contributed by atoms with Gasteiger partial charge < -0.3 is 15.1 Å². The van der Waals surface area contributed by atoms with Crippen molar-refractivity contribution < 1.29 is 14.2 Å². The van der Waals surface area contributed by atoms with Crippen LogP contribution in [0.4, 0.5) is 0 Å². The highest BCUT2D eigenvalue weighted by molar-refractivity contribution is 9.10. The van der Waals surface area contributed by atoms with Crippen LogP contribution in [0.25, 0.3) is 0 Å². The standard InChI is InChI=1S/C8H16BBrNO3/c1-8(2,10)7(12)13-5-3-4-9-14-6-11/h3-6,11H2,1-2H3. The van der Waals surface area contributed by atoms with E-state index >= 15 is 0 Å². The molecule has 0 aliphatic heterocycles. The van der Waals surface area contributed by atoms with Crippen LogP contribution in [-0.4, -0.2) is 31.1 Å². The van der Waals surface area contributed by atoms with Gasteiger partial charge in [0.1, 0.15) is 4.32 Å². The minimum Gasteiger partial charge on any atom is -0.465 e. The number of carbonyl (C=O) groups excluding carboxylic acids is 1. The first-order valence-electron chi connectivity index (χ1n) is 4.48. The Kier molecular flexibility index (Phi) is 7.22. The Bertz CT molecular complexity index is 172. The van der Waals surface area contributed by atoms with Crippen molar-refractivity contribution in [3.63, 3.8) is 0 Å². The van der Waals surface area contributed by atoms with E-state index in [0.29, 0.717) is 6.61 Å². The smallest absolute Gasteiger partial charge is 0.322 e. The average molecular weight is 265 g/mol. The minimum atomic E-state index is -0.607. The summed E-state index contributed by atoms with van der Waals surface area (Å²) in [6.07, 6.45) is 1.47. The lowest BCUT2D eigenvalue weighted by Crippen LogP contribution is -2.26. The highest BCUT2D eigenvalue weighted by atomic mass is 79.9. The number of hydrogen-bond donors (Lipinski definition) is 1. The molecule has 4 nitrogen and oxygen atoms in total. The first-order valence-corrected chi connectivity index (χ1v) is 5.27. The Balaban J connectivity index is 3.33. The van der Waals surface area contributed by atoms with Gasteiger partial charge in [0.15, 0.2) is 0 Å². The van der Waals surface area contributed by atoms with E-state index in [9.17, 15) is 4.79 Å². The zero-order valence-electron chi connectivity index (χ0n) is 8.59. The molecule has 0 rings (SSSR count). The van der Waals surface area contributed by atoms with Crippen LogP contribution in [0.3, 0.4) is 0 Å². The lowest BCUT2D eigenvalue weighted by atomic mass is 9.93. The topological polar surface area (TPSA) is 61.5 Å². The van der Waals surface area contributed by atoms with Gasteiger partial charge in [0.2, 0.25) is 0 Å². The maximum atomic E-state index is 11.2. The second-order valence-corrected chi connectivity index (χ2v) is 5.23. The van der Waals surface area contributed by atoms with Gasteiger partial charge in [-0.25, -0.2) is 0 Å². The molecule has 2 N–H and O–H groups in total. The molecule has 0 atom stereocenters. The highest BCUT2D eigenvalue weighted by Crippen LogP contribution is 2.17. The van der Waals surface area contributed by atoms with Crippen LogP contribution < -0.4 is 5.73 Å². The maximum Gasteiger partial charge on any atom is 0.322 e. The lowest BCUT2D eigenvalue weighted by Gasteiger charge is -2.14. The largest absolute Gasteiger partial charge is 0.465 e. The number of nitrogens with two attached hydrogens (primary N) is 1. The molecule has 0 fully saturated rings. The van der Waals surface area contributed by atoms with Crippen molar-refractivity contribution >= 4 is 29.4 Å². The van der Waals surface area contributed by atoms with Crippen molar-refractivity contribution in [2.24, 2.45) is 5.73 Å². The van der Waals surface area contributed by atoms with E-state index in [1.54, 1.807) is 21.3 Å². The Morgan fingerprint density at radius 3 is 2.71 bits per heavy atom. The minimum absolute atomic E-state index is 0.189. The number of ether oxygens (including phenoxy) is 1. The van der Waals surface area contributed by atoms with Gasteiger partial charge in [-0.05, 0) is 26.6 Å². The molecule has 0 aromatic rings. The van der Waals surface area contributed by atoms with Gasteiger partial charge in [0.25, 0.3) is 7.48 Å². The summed E-state index contributed by atoms with van der Waals surface area (Å²) in [5.74, 6) is -0.253. The number of alkyl halides is 1. The second-order valence-electron chi connectivity index (χ2n) is 3.25. The molecule has 0 bridgehead atoms. The van der Waals surface area contributed by atoms with Crippen LogP contribution in [-0.2, 0) is 14.2 Å². The molecule has 1 radical (unpaired) electrons. The fourth-order valence-electron chi connectivity index (χ4n) is 0.655. The molecular weight excluding hydrogens is 249 g/mol. The van der Waals surface area contributed by atoms with Crippen LogP contribution in [0, 0.1) is 0 Å². The summed E-state index contributed by atoms with van der Waals surface area (Å²) >= 11 is 3.21. The summed E-state index contributed by atoms with van der Waals surface area (Å²) in [7, 11) is 1.62. The SMILES string of the molecule is CC(C)(Br)C(=O)OCCC[B]OCN. The third-order valence-corrected chi connectivity index (χ3v) is 1.72. The zero-order valence-corrected chi connectivity index (χ0v) is 10.2. The number of rotatable bonds is 7. The second kappa shape index (κ2) is 7.26. The molecule has 0 amide bonds. The van der Waals surface area contributed by atoms with Gasteiger partial charge >= 0.3 is 5.97 Å². The first kappa shape index (κ1) is 13.9. The number of esters is 1. The molecule has 0 aliphatic rings. The lowest BCUT2D eigenvalue weighted by molar-refractivity contribution is -0.145. The van der Waals surface area contributed by atoms with E-state index in [1.807, 2.05) is 0 Å². The normalized spacial score (nSPS) is 11.1. The van der Waals surface area contributed by atoms with Crippen LogP contribution >= 0.6 is 15.9 Å². The van der Waals surface area contributed by atoms with E-state index < -0.39 is 4.32 Å². The fourth-order valence-corrected chi connectivity index (χ4v) is 0.769. The van der Waals surface area contributed by atoms with Crippen molar-refractivity contribution in [2.75, 3.05) is 13.3 Å². The molecule has 0 saturated carbocycles. The van der Waals surface area contributed by atoms with Crippen LogP contribution in [0.5, 0.6) is 0 Å². The van der Waals surface area contributed by atoms with Gasteiger partial charge in [0.05, 0.1) is 13.3 Å². The fraction of sp³-hybridized carbons (Fsp3) is 0.875. The molecule has 0 aromatic carbocycles. The van der Waals surface area contributed by atoms with E-state index in [1.165, 1.54) is 0 Å². The third-order valence-electron chi connectivity index (χ3n) is 1.40. The Morgan fingerprint density at radius 2 is 2.21 bits per heavy atom. The van der Waals surface area contributed by atoms with Gasteiger partial charge in [-0.2, -0.15) is 0 Å². The van der Waals surface area contributed by atoms with Gasteiger partial charge in [0, 0.05) is 0 Å². The summed E-state index contributed by atoms with van der Waals surface area (Å²) < 4.78 is 9.20. The maximum absolute atomic E-state index is 11.2. The van der Waals surface area contributed by atoms with Crippen LogP contribution in [0.1, 0.15) is 20.3 Å². The molecule has 0 unspecified atom stereocenters. The summed E-state index contributed by atoms with van der Waals surface area (Å²) in [5, 5.41) is 0. The van der Waals surface area contributed by atoms with Crippen molar-refractivity contribution in [2.45, 2.75) is 30.9 Å². The molecule has 0 aliphatic carbocycles. The molecule has 6 heteroatoms. The Hall–Kier alpha value is -0.0651. The molecule has 81 valence electrons. The first-order chi connectivity index (χ1) is 6.48. The van der Waals surface area contributed by atoms with Gasteiger partial charge in [-0.1, -0.05) is 15.9 Å². The predicted molar refractivity (Wildman–Crippen MR) is 59.3 cm³/mol. The summed E-state index contributed by atoms with van der Waals surface area (Å²) in [6.45, 7) is 4.09. The van der Waals surface area contributed by atoms with Gasteiger partial charge in [-0.3, -0.25) is 4.79 Å². The summed E-state index contributed by atoms with van der Waals surface area (Å²) in [5.41, 5.74) is 5.10. The summed E-state index contributed by atoms with van der Waals surface area (Å²) in [6, 6.07) is 0. The van der Waals surface area contributed by atoms with Crippen LogP contribution in [0.15, 0.2) is 0 Å². The van der Waals surface area contributed by atoms with E-state index in [0.717, 1.165) is 12.7 Å². The average Bonchev–Trinajstić information content (AvgIpc) is 2.09. The molecule has 0 saturated heterocycles. The Labute approximate surface area is 93.9 Å². The van der Waals surface area contributed by atoms with E-state index in [2.05, 4.69) is 15.9 Å². The van der Waals surface area contributed by atoms with Gasteiger partial charge in [-0.15, -0.1) is 0 Å². The molecule has 0 heterocycles. The zero-order chi connectivity index (χ0) is 11.0. The molecule has 0 aromatic heterocycles. The van der Waals surface area contributed by atoms with Crippen LogP contribution in [0.2, 0.25) is 6.32 Å². The van der Waals surface area contributed by atoms with E-state index in [4.69, 9.17) is 15.1 Å². The van der Waals surface area contributed by atoms with Crippen molar-refractivity contribution in [1.82, 2.24) is 0 Å². The molecule has 0 spiro atoms. The number of carbonyl (C=O) groups is 1. The molecular formula is C8H16BBrNO3. The third kappa shape index (κ3) is 7.35. The monoisotopic (exact) mass is 264 g/mol. The van der Waals surface area contributed by atoms with Crippen molar-refractivity contribution in [3.8, 4) is 0 Å². The number of hydrogen-bond acceptors (Lipinski definition) is 4. The van der Waals surface area contributed by atoms with Crippen molar-refractivity contribution in [3.05, 3.63) is 0 Å². The predicted octanol–water partition coefficient (Wildman–Crippen LogP) is 1.06.